The summed E-state index contributed by atoms with van der Waals surface area (Å²) < 4.78 is 24.4. The fourth-order valence-corrected chi connectivity index (χ4v) is 3.88. The van der Waals surface area contributed by atoms with E-state index >= 15 is 0 Å². The van der Waals surface area contributed by atoms with Crippen molar-refractivity contribution in [3.05, 3.63) is 41.8 Å². The highest BCUT2D eigenvalue weighted by molar-refractivity contribution is 5.72. The Morgan fingerprint density at radius 3 is 2.72 bits per heavy atom. The molecule has 1 saturated heterocycles. The van der Waals surface area contributed by atoms with Gasteiger partial charge in [0.25, 0.3) is 0 Å². The molecule has 1 aromatic heterocycles. The molecule has 1 aliphatic heterocycles. The van der Waals surface area contributed by atoms with Crippen molar-refractivity contribution in [3.63, 3.8) is 0 Å². The lowest BCUT2D eigenvalue weighted by atomic mass is 9.86. The number of carbonyl (C=O) groups is 1. The number of esters is 1. The van der Waals surface area contributed by atoms with Crippen LogP contribution in [0.2, 0.25) is 0 Å². The number of anilines is 1. The van der Waals surface area contributed by atoms with Gasteiger partial charge in [-0.15, -0.1) is 0 Å². The molecule has 1 saturated carbocycles. The highest BCUT2D eigenvalue weighted by Crippen LogP contribution is 2.33. The minimum absolute atomic E-state index is 0.0632. The van der Waals surface area contributed by atoms with Gasteiger partial charge in [0.05, 0.1) is 32.4 Å². The molecule has 0 unspecified atom stereocenters. The third-order valence-corrected chi connectivity index (χ3v) is 5.69. The highest BCUT2D eigenvalue weighted by Gasteiger charge is 2.38. The number of carbonyl (C=O) groups excluding carboxylic acids is 1. The summed E-state index contributed by atoms with van der Waals surface area (Å²) in [4.78, 5) is 20.1. The van der Waals surface area contributed by atoms with Gasteiger partial charge in [0, 0.05) is 11.6 Å². The van der Waals surface area contributed by atoms with Crippen molar-refractivity contribution in [2.75, 3.05) is 25.6 Å². The number of halogens is 1. The van der Waals surface area contributed by atoms with Gasteiger partial charge in [0.2, 0.25) is 5.95 Å². The van der Waals surface area contributed by atoms with Gasteiger partial charge in [-0.1, -0.05) is 18.2 Å². The summed E-state index contributed by atoms with van der Waals surface area (Å²) in [5.41, 5.74) is 0.394. The monoisotopic (exact) mass is 401 g/mol. The molecule has 2 fully saturated rings. The predicted molar refractivity (Wildman–Crippen MR) is 104 cm³/mol. The van der Waals surface area contributed by atoms with Crippen LogP contribution in [-0.4, -0.2) is 47.4 Å². The Labute approximate surface area is 168 Å². The zero-order valence-electron chi connectivity index (χ0n) is 16.2. The van der Waals surface area contributed by atoms with Crippen LogP contribution in [-0.2, 0) is 19.9 Å². The largest absolute Gasteiger partial charge is 0.469 e. The van der Waals surface area contributed by atoms with E-state index in [9.17, 15) is 14.3 Å². The quantitative estimate of drug-likeness (QED) is 0.744. The first-order chi connectivity index (χ1) is 14.0. The second kappa shape index (κ2) is 8.04. The maximum absolute atomic E-state index is 14.4. The van der Waals surface area contributed by atoms with E-state index in [0.717, 1.165) is 31.9 Å². The third-order valence-electron chi connectivity index (χ3n) is 5.69. The van der Waals surface area contributed by atoms with Crippen LogP contribution in [0.25, 0.3) is 11.3 Å². The third kappa shape index (κ3) is 4.09. The zero-order valence-corrected chi connectivity index (χ0v) is 16.2. The highest BCUT2D eigenvalue weighted by atomic mass is 19.1. The average Bonchev–Trinajstić information content (AvgIpc) is 2.73. The Morgan fingerprint density at radius 2 is 2.07 bits per heavy atom. The maximum Gasteiger partial charge on any atom is 0.308 e. The van der Waals surface area contributed by atoms with E-state index in [1.165, 1.54) is 7.11 Å². The van der Waals surface area contributed by atoms with E-state index in [4.69, 9.17) is 9.47 Å². The number of rotatable bonds is 5. The minimum Gasteiger partial charge on any atom is -0.469 e. The molecule has 0 bridgehead atoms. The fraction of sp³-hybridized carbons (Fsp3) is 0.476. The van der Waals surface area contributed by atoms with Gasteiger partial charge in [-0.2, -0.15) is 0 Å². The minimum atomic E-state index is -1.03. The van der Waals surface area contributed by atoms with Crippen LogP contribution in [0.3, 0.4) is 0 Å². The Morgan fingerprint density at radius 1 is 1.31 bits per heavy atom. The van der Waals surface area contributed by atoms with Crippen LogP contribution in [0, 0.1) is 11.7 Å². The molecule has 1 aromatic carbocycles. The van der Waals surface area contributed by atoms with E-state index in [0.29, 0.717) is 17.1 Å². The van der Waals surface area contributed by atoms with Gasteiger partial charge < -0.3 is 19.9 Å². The van der Waals surface area contributed by atoms with Gasteiger partial charge in [0.1, 0.15) is 11.3 Å². The summed E-state index contributed by atoms with van der Waals surface area (Å²) in [6.07, 6.45) is 4.21. The number of aromatic nitrogens is 2. The van der Waals surface area contributed by atoms with Gasteiger partial charge in [-0.25, -0.2) is 14.4 Å². The predicted octanol–water partition coefficient (Wildman–Crippen LogP) is 2.64. The first kappa shape index (κ1) is 19.7. The number of benzene rings is 1. The maximum atomic E-state index is 14.4. The van der Waals surface area contributed by atoms with E-state index in [-0.39, 0.29) is 36.8 Å². The van der Waals surface area contributed by atoms with Crippen LogP contribution in [0.1, 0.15) is 31.2 Å². The van der Waals surface area contributed by atoms with Crippen molar-refractivity contribution in [1.82, 2.24) is 9.97 Å². The fourth-order valence-electron chi connectivity index (χ4n) is 3.88. The molecule has 2 aliphatic rings. The first-order valence-corrected chi connectivity index (χ1v) is 9.76. The molecule has 8 heteroatoms. The van der Waals surface area contributed by atoms with Crippen molar-refractivity contribution in [2.45, 2.75) is 37.3 Å². The van der Waals surface area contributed by atoms with Crippen molar-refractivity contribution in [2.24, 2.45) is 5.92 Å². The number of methoxy groups -OCH3 is 1. The number of nitrogens with one attached hydrogen (secondary N) is 1. The Balaban J connectivity index is 1.49. The summed E-state index contributed by atoms with van der Waals surface area (Å²) in [5.74, 6) is -0.410. The molecule has 0 amide bonds. The molecule has 2 heterocycles. The number of aliphatic hydroxyl groups is 1. The summed E-state index contributed by atoms with van der Waals surface area (Å²) in [7, 11) is 1.41. The molecule has 154 valence electrons. The summed E-state index contributed by atoms with van der Waals surface area (Å²) in [6.45, 7) is 0.452. The molecule has 0 spiro atoms. The van der Waals surface area contributed by atoms with Crippen molar-refractivity contribution in [1.29, 1.82) is 0 Å². The van der Waals surface area contributed by atoms with Gasteiger partial charge in [-0.05, 0) is 37.3 Å². The Kier molecular flexibility index (Phi) is 5.47. The smallest absolute Gasteiger partial charge is 0.308 e. The van der Waals surface area contributed by atoms with Crippen LogP contribution in [0.5, 0.6) is 0 Å². The summed E-state index contributed by atoms with van der Waals surface area (Å²) in [5, 5.41) is 13.7. The van der Waals surface area contributed by atoms with E-state index < -0.39 is 11.4 Å². The van der Waals surface area contributed by atoms with Crippen molar-refractivity contribution in [3.8, 4) is 11.3 Å². The molecule has 0 radical (unpaired) electrons. The second-order valence-electron chi connectivity index (χ2n) is 7.71. The second-order valence-corrected chi connectivity index (χ2v) is 7.71. The van der Waals surface area contributed by atoms with Gasteiger partial charge in [-0.3, -0.25) is 4.79 Å². The van der Waals surface area contributed by atoms with Gasteiger partial charge >= 0.3 is 5.97 Å². The normalized spacial score (nSPS) is 23.1. The van der Waals surface area contributed by atoms with Crippen molar-refractivity contribution >= 4 is 11.9 Å². The number of nitrogens with zero attached hydrogens (tertiary/aromatic N) is 2. The topological polar surface area (TPSA) is 93.6 Å². The van der Waals surface area contributed by atoms with Crippen LogP contribution in [0.4, 0.5) is 10.3 Å². The summed E-state index contributed by atoms with van der Waals surface area (Å²) >= 11 is 0. The first-order valence-electron chi connectivity index (χ1n) is 9.76. The van der Waals surface area contributed by atoms with E-state index in [2.05, 4.69) is 15.3 Å². The lowest BCUT2D eigenvalue weighted by Gasteiger charge is -2.36. The number of ether oxygens (including phenoxy) is 2. The van der Waals surface area contributed by atoms with Crippen molar-refractivity contribution < 1.29 is 23.8 Å². The van der Waals surface area contributed by atoms with Crippen LogP contribution < -0.4 is 5.32 Å². The molecule has 2 aromatic rings. The lowest BCUT2D eigenvalue weighted by molar-refractivity contribution is -0.184. The SMILES string of the molecule is COC(=O)C1CCC(Nc2ncc(F)c(-c3cccc(C4(O)COC4)c3)n2)CC1. The summed E-state index contributed by atoms with van der Waals surface area (Å²) in [6, 6.07) is 7.17. The lowest BCUT2D eigenvalue weighted by Crippen LogP contribution is -2.46. The average molecular weight is 401 g/mol. The molecule has 0 atom stereocenters. The van der Waals surface area contributed by atoms with E-state index in [1.807, 2.05) is 0 Å². The Hall–Kier alpha value is -2.58. The molecular formula is C21H24FN3O4. The van der Waals surface area contributed by atoms with Crippen LogP contribution in [0.15, 0.2) is 30.5 Å². The molecule has 1 aliphatic carbocycles. The standard InChI is InChI=1S/C21H24FN3O4/c1-28-19(26)13-5-7-16(8-6-13)24-20-23-10-17(22)18(25-20)14-3-2-4-15(9-14)21(27)11-29-12-21/h2-4,9-10,13,16,27H,5-8,11-12H2,1H3,(H,23,24,25). The molecule has 29 heavy (non-hydrogen) atoms. The Bertz CT molecular complexity index is 895. The van der Waals surface area contributed by atoms with E-state index in [1.54, 1.807) is 24.3 Å². The molecule has 4 rings (SSSR count). The molecular weight excluding hydrogens is 377 g/mol. The molecule has 2 N–H and O–H groups in total. The van der Waals surface area contributed by atoms with Gasteiger partial charge in [0.15, 0.2) is 5.82 Å². The number of hydrogen-bond donors (Lipinski definition) is 2. The molecule has 7 nitrogen and oxygen atoms in total. The zero-order chi connectivity index (χ0) is 20.4. The van der Waals surface area contributed by atoms with Crippen LogP contribution >= 0.6 is 0 Å². The number of hydrogen-bond acceptors (Lipinski definition) is 7.